The highest BCUT2D eigenvalue weighted by atomic mass is 19.4. The summed E-state index contributed by atoms with van der Waals surface area (Å²) < 4.78 is 60.1. The average molecular weight is 393 g/mol. The Labute approximate surface area is 159 Å². The average Bonchev–Trinajstić information content (AvgIpc) is 3.01. The molecule has 3 aromatic rings. The van der Waals surface area contributed by atoms with E-state index in [0.29, 0.717) is 25.8 Å². The van der Waals surface area contributed by atoms with Gasteiger partial charge in [0.05, 0.1) is 35.6 Å². The zero-order valence-corrected chi connectivity index (χ0v) is 15.2. The Bertz CT molecular complexity index is 999. The number of aryl methyl sites for hydroxylation is 1. The standard InChI is InChI=1S/C20H19F4N3O/c1-26-12-25-18-3-2-16(10-19(18)26)27-4-5-28-17(11-27)8-13-6-14(20(22,23)24)9-15(21)7-13/h2-3,6-7,9-10,12,17H,4-5,8,11H2,1H3/t17-/m0/s1. The van der Waals surface area contributed by atoms with E-state index in [0.717, 1.165) is 28.9 Å². The molecule has 4 nitrogen and oxygen atoms in total. The van der Waals surface area contributed by atoms with Crippen molar-refractivity contribution in [3.63, 3.8) is 0 Å². The number of fused-ring (bicyclic) bond motifs is 1. The fourth-order valence-electron chi connectivity index (χ4n) is 3.58. The second-order valence-electron chi connectivity index (χ2n) is 7.02. The van der Waals surface area contributed by atoms with Crippen molar-refractivity contribution < 1.29 is 22.3 Å². The number of aromatic nitrogens is 2. The lowest BCUT2D eigenvalue weighted by molar-refractivity contribution is -0.137. The Hall–Kier alpha value is -2.61. The zero-order chi connectivity index (χ0) is 19.9. The lowest BCUT2D eigenvalue weighted by Gasteiger charge is -2.34. The third-order valence-corrected chi connectivity index (χ3v) is 4.96. The minimum Gasteiger partial charge on any atom is -0.374 e. The third-order valence-electron chi connectivity index (χ3n) is 4.96. The summed E-state index contributed by atoms with van der Waals surface area (Å²) in [7, 11) is 1.92. The van der Waals surface area contributed by atoms with Crippen LogP contribution in [0.2, 0.25) is 0 Å². The Balaban J connectivity index is 1.52. The minimum atomic E-state index is -4.57. The van der Waals surface area contributed by atoms with Gasteiger partial charge < -0.3 is 14.2 Å². The van der Waals surface area contributed by atoms with Gasteiger partial charge in [-0.1, -0.05) is 0 Å². The quantitative estimate of drug-likeness (QED) is 0.626. The molecule has 0 unspecified atom stereocenters. The lowest BCUT2D eigenvalue weighted by atomic mass is 10.0. The maximum absolute atomic E-state index is 13.6. The van der Waals surface area contributed by atoms with Crippen LogP contribution in [0.5, 0.6) is 0 Å². The van der Waals surface area contributed by atoms with Gasteiger partial charge in [-0.25, -0.2) is 9.37 Å². The number of imidazole rings is 1. The Morgan fingerprint density at radius 2 is 2.00 bits per heavy atom. The molecule has 2 aromatic carbocycles. The molecule has 1 aromatic heterocycles. The van der Waals surface area contributed by atoms with Gasteiger partial charge in [-0.15, -0.1) is 0 Å². The first kappa shape index (κ1) is 18.7. The first-order chi connectivity index (χ1) is 13.3. The molecule has 0 amide bonds. The van der Waals surface area contributed by atoms with Gasteiger partial charge in [0.2, 0.25) is 0 Å². The van der Waals surface area contributed by atoms with Crippen LogP contribution >= 0.6 is 0 Å². The Kier molecular flexibility index (Phi) is 4.74. The number of nitrogens with zero attached hydrogens (tertiary/aromatic N) is 3. The van der Waals surface area contributed by atoms with Gasteiger partial charge in [0.1, 0.15) is 5.82 Å². The molecule has 0 N–H and O–H groups in total. The van der Waals surface area contributed by atoms with Gasteiger partial charge in [-0.05, 0) is 42.0 Å². The van der Waals surface area contributed by atoms with E-state index in [-0.39, 0.29) is 18.1 Å². The summed E-state index contributed by atoms with van der Waals surface area (Å²) in [5.74, 6) is -0.890. The van der Waals surface area contributed by atoms with Gasteiger partial charge in [0.25, 0.3) is 0 Å². The summed E-state index contributed by atoms with van der Waals surface area (Å²) in [4.78, 5) is 6.43. The van der Waals surface area contributed by atoms with Crippen molar-refractivity contribution >= 4 is 16.7 Å². The molecule has 1 saturated heterocycles. The topological polar surface area (TPSA) is 30.3 Å². The molecular formula is C20H19F4N3O. The van der Waals surface area contributed by atoms with Crippen LogP contribution in [0.1, 0.15) is 11.1 Å². The molecule has 28 heavy (non-hydrogen) atoms. The van der Waals surface area contributed by atoms with Crippen LogP contribution in [0.3, 0.4) is 0 Å². The highest BCUT2D eigenvalue weighted by molar-refractivity contribution is 5.79. The SMILES string of the molecule is Cn1cnc2ccc(N3CCO[C@@H](Cc4cc(F)cc(C(F)(F)F)c4)C3)cc21. The highest BCUT2D eigenvalue weighted by Gasteiger charge is 2.32. The van der Waals surface area contributed by atoms with E-state index < -0.39 is 17.6 Å². The van der Waals surface area contributed by atoms with Crippen LogP contribution in [0.4, 0.5) is 23.2 Å². The van der Waals surface area contributed by atoms with Gasteiger partial charge in [0, 0.05) is 32.2 Å². The van der Waals surface area contributed by atoms with E-state index >= 15 is 0 Å². The first-order valence-corrected chi connectivity index (χ1v) is 8.94. The highest BCUT2D eigenvalue weighted by Crippen LogP contribution is 2.31. The number of hydrogen-bond acceptors (Lipinski definition) is 3. The second kappa shape index (κ2) is 7.09. The van der Waals surface area contributed by atoms with E-state index in [4.69, 9.17) is 4.74 Å². The molecule has 0 spiro atoms. The van der Waals surface area contributed by atoms with E-state index in [2.05, 4.69) is 9.88 Å². The fourth-order valence-corrected chi connectivity index (χ4v) is 3.58. The number of halogens is 4. The summed E-state index contributed by atoms with van der Waals surface area (Å²) >= 11 is 0. The molecule has 1 atom stereocenters. The van der Waals surface area contributed by atoms with Crippen molar-refractivity contribution in [3.8, 4) is 0 Å². The van der Waals surface area contributed by atoms with E-state index in [1.165, 1.54) is 0 Å². The van der Waals surface area contributed by atoms with Gasteiger partial charge >= 0.3 is 6.18 Å². The third kappa shape index (κ3) is 3.82. The molecular weight excluding hydrogens is 374 g/mol. The maximum atomic E-state index is 13.6. The van der Waals surface area contributed by atoms with Crippen LogP contribution < -0.4 is 4.90 Å². The summed E-state index contributed by atoms with van der Waals surface area (Å²) in [6, 6.07) is 8.60. The molecule has 8 heteroatoms. The predicted molar refractivity (Wildman–Crippen MR) is 97.8 cm³/mol. The number of anilines is 1. The van der Waals surface area contributed by atoms with Crippen LogP contribution in [0.25, 0.3) is 11.0 Å². The maximum Gasteiger partial charge on any atom is 0.416 e. The van der Waals surface area contributed by atoms with E-state index in [1.54, 1.807) is 6.33 Å². The molecule has 0 aliphatic carbocycles. The predicted octanol–water partition coefficient (Wildman–Crippen LogP) is 4.18. The van der Waals surface area contributed by atoms with E-state index in [1.807, 2.05) is 29.8 Å². The van der Waals surface area contributed by atoms with Crippen molar-refractivity contribution in [1.29, 1.82) is 0 Å². The smallest absolute Gasteiger partial charge is 0.374 e. The van der Waals surface area contributed by atoms with Crippen molar-refractivity contribution in [2.45, 2.75) is 18.7 Å². The van der Waals surface area contributed by atoms with Crippen molar-refractivity contribution in [1.82, 2.24) is 9.55 Å². The Morgan fingerprint density at radius 1 is 1.18 bits per heavy atom. The minimum absolute atomic E-state index is 0.214. The Morgan fingerprint density at radius 3 is 2.79 bits per heavy atom. The largest absolute Gasteiger partial charge is 0.416 e. The number of rotatable bonds is 3. The molecule has 1 aliphatic rings. The van der Waals surface area contributed by atoms with Crippen molar-refractivity contribution in [3.05, 3.63) is 59.7 Å². The van der Waals surface area contributed by atoms with Crippen molar-refractivity contribution in [2.24, 2.45) is 7.05 Å². The summed E-state index contributed by atoms with van der Waals surface area (Å²) in [5, 5.41) is 0. The van der Waals surface area contributed by atoms with Crippen LogP contribution in [0, 0.1) is 5.82 Å². The number of benzene rings is 2. The van der Waals surface area contributed by atoms with Crippen LogP contribution in [-0.4, -0.2) is 35.4 Å². The molecule has 1 aliphatic heterocycles. The second-order valence-corrected chi connectivity index (χ2v) is 7.02. The monoisotopic (exact) mass is 393 g/mol. The number of hydrogen-bond donors (Lipinski definition) is 0. The van der Waals surface area contributed by atoms with Crippen LogP contribution in [0.15, 0.2) is 42.7 Å². The van der Waals surface area contributed by atoms with Crippen molar-refractivity contribution in [2.75, 3.05) is 24.6 Å². The van der Waals surface area contributed by atoms with Gasteiger partial charge in [0.15, 0.2) is 0 Å². The van der Waals surface area contributed by atoms with Gasteiger partial charge in [-0.3, -0.25) is 0 Å². The molecule has 2 heterocycles. The number of alkyl halides is 3. The molecule has 0 bridgehead atoms. The molecule has 1 fully saturated rings. The molecule has 0 radical (unpaired) electrons. The van der Waals surface area contributed by atoms with Gasteiger partial charge in [-0.2, -0.15) is 13.2 Å². The van der Waals surface area contributed by atoms with Crippen LogP contribution in [-0.2, 0) is 24.4 Å². The zero-order valence-electron chi connectivity index (χ0n) is 15.2. The normalized spacial score (nSPS) is 18.0. The summed E-state index contributed by atoms with van der Waals surface area (Å²) in [6.07, 6.45) is -2.93. The number of morpholine rings is 1. The molecule has 148 valence electrons. The molecule has 4 rings (SSSR count). The first-order valence-electron chi connectivity index (χ1n) is 8.94. The lowest BCUT2D eigenvalue weighted by Crippen LogP contribution is -2.43. The number of ether oxygens (including phenoxy) is 1. The fraction of sp³-hybridized carbons (Fsp3) is 0.350. The summed E-state index contributed by atoms with van der Waals surface area (Å²) in [6.45, 7) is 1.65. The summed E-state index contributed by atoms with van der Waals surface area (Å²) in [5.41, 5.74) is 2.20. The van der Waals surface area contributed by atoms with E-state index in [9.17, 15) is 17.6 Å². The molecule has 0 saturated carbocycles.